The molecule has 0 saturated heterocycles. The molecule has 1 aromatic carbocycles. The highest BCUT2D eigenvalue weighted by molar-refractivity contribution is 5.83. The fourth-order valence-electron chi connectivity index (χ4n) is 2.44. The van der Waals surface area contributed by atoms with Crippen molar-refractivity contribution in [2.75, 3.05) is 7.05 Å². The third kappa shape index (κ3) is 2.70. The second-order valence-electron chi connectivity index (χ2n) is 4.63. The Morgan fingerprint density at radius 3 is 2.82 bits per heavy atom. The van der Waals surface area contributed by atoms with E-state index in [1.54, 1.807) is 0 Å². The van der Waals surface area contributed by atoms with Gasteiger partial charge in [0.1, 0.15) is 0 Å². The molecule has 2 heteroatoms. The Bertz CT molecular complexity index is 459. The molecule has 1 atom stereocenters. The first-order chi connectivity index (χ1) is 8.36. The lowest BCUT2D eigenvalue weighted by Gasteiger charge is -2.15. The quantitative estimate of drug-likeness (QED) is 0.721. The van der Waals surface area contributed by atoms with Gasteiger partial charge in [-0.3, -0.25) is 0 Å². The Hall–Kier alpha value is -1.28. The topological polar surface area (TPSA) is 27.8 Å². The standard InChI is InChI=1S/C15H22N2/c1-3-4-5-9-14(16-2)13-11-17-15-10-7-6-8-12(13)15/h6-8,10-11,14,16-17H,3-5,9H2,1-2H3. The van der Waals surface area contributed by atoms with E-state index in [0.717, 1.165) is 0 Å². The minimum absolute atomic E-state index is 0.470. The number of para-hydroxylation sites is 1. The van der Waals surface area contributed by atoms with Crippen molar-refractivity contribution in [1.29, 1.82) is 0 Å². The van der Waals surface area contributed by atoms with Gasteiger partial charge in [0, 0.05) is 23.1 Å². The van der Waals surface area contributed by atoms with Gasteiger partial charge in [-0.1, -0.05) is 44.4 Å². The minimum Gasteiger partial charge on any atom is -0.361 e. The Kier molecular flexibility index (Phi) is 4.21. The van der Waals surface area contributed by atoms with Gasteiger partial charge in [0.05, 0.1) is 0 Å². The Balaban J connectivity index is 2.18. The number of nitrogens with one attached hydrogen (secondary N) is 2. The third-order valence-corrected chi connectivity index (χ3v) is 3.44. The van der Waals surface area contributed by atoms with Crippen LogP contribution in [-0.2, 0) is 0 Å². The first-order valence-corrected chi connectivity index (χ1v) is 6.60. The highest BCUT2D eigenvalue weighted by atomic mass is 14.9. The zero-order valence-electron chi connectivity index (χ0n) is 10.8. The van der Waals surface area contributed by atoms with Crippen molar-refractivity contribution >= 4 is 10.9 Å². The molecule has 0 bridgehead atoms. The van der Waals surface area contributed by atoms with Gasteiger partial charge in [-0.05, 0) is 25.1 Å². The van der Waals surface area contributed by atoms with Crippen molar-refractivity contribution < 1.29 is 0 Å². The van der Waals surface area contributed by atoms with Crippen LogP contribution in [0.25, 0.3) is 10.9 Å². The van der Waals surface area contributed by atoms with Crippen LogP contribution < -0.4 is 5.32 Å². The molecular formula is C15H22N2. The van der Waals surface area contributed by atoms with Crippen molar-refractivity contribution in [2.45, 2.75) is 38.6 Å². The van der Waals surface area contributed by atoms with Gasteiger partial charge in [-0.15, -0.1) is 0 Å². The van der Waals surface area contributed by atoms with Gasteiger partial charge >= 0.3 is 0 Å². The van der Waals surface area contributed by atoms with Crippen molar-refractivity contribution in [3.63, 3.8) is 0 Å². The monoisotopic (exact) mass is 230 g/mol. The average molecular weight is 230 g/mol. The number of unbranched alkanes of at least 4 members (excludes halogenated alkanes) is 2. The van der Waals surface area contributed by atoms with Gasteiger partial charge in [0.2, 0.25) is 0 Å². The summed E-state index contributed by atoms with van der Waals surface area (Å²) in [5.41, 5.74) is 2.64. The van der Waals surface area contributed by atoms with Gasteiger partial charge in [-0.25, -0.2) is 0 Å². The van der Waals surface area contributed by atoms with E-state index in [-0.39, 0.29) is 0 Å². The molecule has 0 aliphatic heterocycles. The van der Waals surface area contributed by atoms with Crippen LogP contribution in [0.15, 0.2) is 30.5 Å². The largest absolute Gasteiger partial charge is 0.361 e. The van der Waals surface area contributed by atoms with E-state index in [0.29, 0.717) is 6.04 Å². The average Bonchev–Trinajstić information content (AvgIpc) is 2.79. The predicted octanol–water partition coefficient (Wildman–Crippen LogP) is 4.01. The van der Waals surface area contributed by atoms with Gasteiger partial charge < -0.3 is 10.3 Å². The lowest BCUT2D eigenvalue weighted by atomic mass is 10.00. The van der Waals surface area contributed by atoms with E-state index in [4.69, 9.17) is 0 Å². The van der Waals surface area contributed by atoms with Gasteiger partial charge in [-0.2, -0.15) is 0 Å². The molecule has 2 nitrogen and oxygen atoms in total. The van der Waals surface area contributed by atoms with E-state index in [2.05, 4.69) is 54.7 Å². The molecule has 17 heavy (non-hydrogen) atoms. The van der Waals surface area contributed by atoms with E-state index >= 15 is 0 Å². The number of hydrogen-bond donors (Lipinski definition) is 2. The summed E-state index contributed by atoms with van der Waals surface area (Å²) in [6, 6.07) is 8.99. The summed E-state index contributed by atoms with van der Waals surface area (Å²) >= 11 is 0. The van der Waals surface area contributed by atoms with Crippen LogP contribution >= 0.6 is 0 Å². The Labute approximate surface area is 103 Å². The lowest BCUT2D eigenvalue weighted by Crippen LogP contribution is -2.15. The molecule has 0 aliphatic carbocycles. The lowest BCUT2D eigenvalue weighted by molar-refractivity contribution is 0.514. The van der Waals surface area contributed by atoms with Crippen molar-refractivity contribution in [3.05, 3.63) is 36.0 Å². The van der Waals surface area contributed by atoms with Gasteiger partial charge in [0.25, 0.3) is 0 Å². The molecule has 0 amide bonds. The first-order valence-electron chi connectivity index (χ1n) is 6.60. The highest BCUT2D eigenvalue weighted by Gasteiger charge is 2.12. The fraction of sp³-hybridized carbons (Fsp3) is 0.467. The normalized spacial score (nSPS) is 13.1. The zero-order chi connectivity index (χ0) is 12.1. The molecule has 1 heterocycles. The van der Waals surface area contributed by atoms with Crippen LogP contribution in [0.1, 0.15) is 44.2 Å². The number of benzene rings is 1. The Morgan fingerprint density at radius 2 is 2.06 bits per heavy atom. The van der Waals surface area contributed by atoms with Crippen molar-refractivity contribution in [2.24, 2.45) is 0 Å². The molecule has 0 saturated carbocycles. The fourth-order valence-corrected chi connectivity index (χ4v) is 2.44. The molecule has 1 unspecified atom stereocenters. The van der Waals surface area contributed by atoms with E-state index in [1.165, 1.54) is 42.1 Å². The van der Waals surface area contributed by atoms with Crippen LogP contribution in [0, 0.1) is 0 Å². The molecule has 2 aromatic rings. The molecule has 2 N–H and O–H groups in total. The number of fused-ring (bicyclic) bond motifs is 1. The summed E-state index contributed by atoms with van der Waals surface area (Å²) in [6.45, 7) is 2.25. The van der Waals surface area contributed by atoms with Gasteiger partial charge in [0.15, 0.2) is 0 Å². The molecule has 1 aromatic heterocycles. The van der Waals surface area contributed by atoms with Crippen molar-refractivity contribution in [3.8, 4) is 0 Å². The summed E-state index contributed by atoms with van der Waals surface area (Å²) in [5, 5.41) is 4.79. The number of hydrogen-bond acceptors (Lipinski definition) is 1. The molecule has 92 valence electrons. The summed E-state index contributed by atoms with van der Waals surface area (Å²) in [5.74, 6) is 0. The van der Waals surface area contributed by atoms with Crippen LogP contribution in [0.2, 0.25) is 0 Å². The van der Waals surface area contributed by atoms with Crippen LogP contribution in [-0.4, -0.2) is 12.0 Å². The summed E-state index contributed by atoms with van der Waals surface area (Å²) < 4.78 is 0. The van der Waals surface area contributed by atoms with Crippen LogP contribution in [0.4, 0.5) is 0 Å². The predicted molar refractivity (Wildman–Crippen MR) is 74.2 cm³/mol. The van der Waals surface area contributed by atoms with Crippen molar-refractivity contribution in [1.82, 2.24) is 10.3 Å². The smallest absolute Gasteiger partial charge is 0.0457 e. The molecule has 0 aliphatic rings. The number of aromatic nitrogens is 1. The minimum atomic E-state index is 0.470. The molecule has 0 fully saturated rings. The number of aromatic amines is 1. The molecule has 0 spiro atoms. The van der Waals surface area contributed by atoms with E-state index < -0.39 is 0 Å². The zero-order valence-corrected chi connectivity index (χ0v) is 10.8. The SMILES string of the molecule is CCCCCC(NC)c1c[nH]c2ccccc12. The second kappa shape index (κ2) is 5.87. The van der Waals surface area contributed by atoms with E-state index in [1.807, 2.05) is 0 Å². The third-order valence-electron chi connectivity index (χ3n) is 3.44. The summed E-state index contributed by atoms with van der Waals surface area (Å²) in [4.78, 5) is 3.35. The first kappa shape index (κ1) is 12.2. The maximum absolute atomic E-state index is 3.44. The summed E-state index contributed by atoms with van der Waals surface area (Å²) in [7, 11) is 2.05. The van der Waals surface area contributed by atoms with Crippen LogP contribution in [0.3, 0.4) is 0 Å². The Morgan fingerprint density at radius 1 is 1.24 bits per heavy atom. The molecule has 0 radical (unpaired) electrons. The number of H-pyrrole nitrogens is 1. The number of rotatable bonds is 6. The maximum Gasteiger partial charge on any atom is 0.0457 e. The summed E-state index contributed by atoms with van der Waals surface area (Å²) in [6.07, 6.45) is 7.26. The maximum atomic E-state index is 3.44. The molecular weight excluding hydrogens is 208 g/mol. The van der Waals surface area contributed by atoms with E-state index in [9.17, 15) is 0 Å². The van der Waals surface area contributed by atoms with Crippen LogP contribution in [0.5, 0.6) is 0 Å². The second-order valence-corrected chi connectivity index (χ2v) is 4.63. The molecule has 2 rings (SSSR count). The highest BCUT2D eigenvalue weighted by Crippen LogP contribution is 2.27.